The molecule has 192 valence electrons. The topological polar surface area (TPSA) is 89.5 Å². The SMILES string of the molecule is CCCN1CCN(c2ccc(-c3nc(N)c4cc(-c5c(Cl)cccc5Cl)c(=O)n(OC)c4n3)cc2)CC1. The maximum Gasteiger partial charge on any atom is 0.293 e. The Morgan fingerprint density at radius 1 is 1.00 bits per heavy atom. The molecule has 2 N–H and O–H groups in total. The van der Waals surface area contributed by atoms with E-state index in [1.807, 2.05) is 12.1 Å². The van der Waals surface area contributed by atoms with Gasteiger partial charge in [-0.2, -0.15) is 0 Å². The summed E-state index contributed by atoms with van der Waals surface area (Å²) < 4.78 is 1.09. The monoisotopic (exact) mass is 538 g/mol. The van der Waals surface area contributed by atoms with Crippen LogP contribution < -0.4 is 21.0 Å². The summed E-state index contributed by atoms with van der Waals surface area (Å²) in [6.45, 7) is 7.48. The summed E-state index contributed by atoms with van der Waals surface area (Å²) >= 11 is 12.8. The first-order chi connectivity index (χ1) is 17.9. The van der Waals surface area contributed by atoms with Crippen molar-refractivity contribution in [2.75, 3.05) is 50.5 Å². The van der Waals surface area contributed by atoms with Gasteiger partial charge in [-0.05, 0) is 55.4 Å². The lowest BCUT2D eigenvalue weighted by Crippen LogP contribution is -2.46. The number of rotatable bonds is 6. The predicted octanol–water partition coefficient (Wildman–Crippen LogP) is 4.60. The molecule has 8 nitrogen and oxygen atoms in total. The average molecular weight is 539 g/mol. The maximum absolute atomic E-state index is 13.4. The molecule has 0 saturated carbocycles. The molecule has 1 fully saturated rings. The van der Waals surface area contributed by atoms with Crippen molar-refractivity contribution in [3.8, 4) is 22.5 Å². The highest BCUT2D eigenvalue weighted by atomic mass is 35.5. The van der Waals surface area contributed by atoms with Crippen LogP contribution >= 0.6 is 23.2 Å². The van der Waals surface area contributed by atoms with E-state index in [4.69, 9.17) is 33.8 Å². The molecule has 1 aliphatic heterocycles. The Morgan fingerprint density at radius 3 is 2.30 bits per heavy atom. The van der Waals surface area contributed by atoms with Crippen LogP contribution in [0.25, 0.3) is 33.5 Å². The van der Waals surface area contributed by atoms with Crippen LogP contribution in [0.4, 0.5) is 11.5 Å². The van der Waals surface area contributed by atoms with E-state index in [0.29, 0.717) is 26.8 Å². The van der Waals surface area contributed by atoms with Crippen molar-refractivity contribution in [2.45, 2.75) is 13.3 Å². The van der Waals surface area contributed by atoms with Gasteiger partial charge in [0.2, 0.25) is 0 Å². The molecule has 37 heavy (non-hydrogen) atoms. The molecule has 1 saturated heterocycles. The molecule has 3 heterocycles. The maximum atomic E-state index is 13.4. The molecule has 0 amide bonds. The number of piperazine rings is 1. The Balaban J connectivity index is 1.51. The first kappa shape index (κ1) is 25.3. The molecular weight excluding hydrogens is 511 g/mol. The summed E-state index contributed by atoms with van der Waals surface area (Å²) in [4.78, 5) is 32.9. The third-order valence-electron chi connectivity index (χ3n) is 6.67. The van der Waals surface area contributed by atoms with Gasteiger partial charge in [0.15, 0.2) is 11.5 Å². The van der Waals surface area contributed by atoms with Gasteiger partial charge in [0, 0.05) is 43.0 Å². The zero-order chi connectivity index (χ0) is 26.1. The number of anilines is 2. The molecule has 0 unspecified atom stereocenters. The van der Waals surface area contributed by atoms with Crippen LogP contribution in [-0.4, -0.2) is 59.4 Å². The molecule has 2 aromatic carbocycles. The molecule has 4 aromatic rings. The summed E-state index contributed by atoms with van der Waals surface area (Å²) in [6.07, 6.45) is 1.18. The second-order valence-electron chi connectivity index (χ2n) is 8.98. The lowest BCUT2D eigenvalue weighted by molar-refractivity contribution is 0.168. The van der Waals surface area contributed by atoms with Crippen molar-refractivity contribution < 1.29 is 4.84 Å². The summed E-state index contributed by atoms with van der Waals surface area (Å²) in [7, 11) is 1.39. The highest BCUT2D eigenvalue weighted by Crippen LogP contribution is 2.35. The van der Waals surface area contributed by atoms with Gasteiger partial charge >= 0.3 is 0 Å². The van der Waals surface area contributed by atoms with Crippen LogP contribution in [0.1, 0.15) is 13.3 Å². The van der Waals surface area contributed by atoms with E-state index in [2.05, 4.69) is 38.8 Å². The van der Waals surface area contributed by atoms with E-state index in [0.717, 1.165) is 48.7 Å². The van der Waals surface area contributed by atoms with E-state index >= 15 is 0 Å². The fraction of sp³-hybridized carbons (Fsp3) is 0.296. The second kappa shape index (κ2) is 10.6. The number of aromatic nitrogens is 3. The van der Waals surface area contributed by atoms with Gasteiger partial charge in [0.25, 0.3) is 5.56 Å². The minimum absolute atomic E-state index is 0.214. The van der Waals surface area contributed by atoms with E-state index in [1.54, 1.807) is 24.3 Å². The van der Waals surface area contributed by atoms with Crippen molar-refractivity contribution in [1.29, 1.82) is 0 Å². The van der Waals surface area contributed by atoms with Crippen LogP contribution in [0.3, 0.4) is 0 Å². The number of nitrogens with zero attached hydrogens (tertiary/aromatic N) is 5. The Labute approximate surface area is 225 Å². The van der Waals surface area contributed by atoms with Crippen molar-refractivity contribution in [1.82, 2.24) is 19.6 Å². The minimum atomic E-state index is -0.452. The van der Waals surface area contributed by atoms with Gasteiger partial charge in [0.1, 0.15) is 12.9 Å². The molecule has 0 aliphatic carbocycles. The quantitative estimate of drug-likeness (QED) is 0.383. The van der Waals surface area contributed by atoms with Crippen molar-refractivity contribution in [3.05, 3.63) is 68.9 Å². The van der Waals surface area contributed by atoms with Gasteiger partial charge in [-0.1, -0.05) is 36.2 Å². The first-order valence-electron chi connectivity index (χ1n) is 12.2. The zero-order valence-electron chi connectivity index (χ0n) is 20.7. The summed E-state index contributed by atoms with van der Waals surface area (Å²) in [6, 6.07) is 14.7. The lowest BCUT2D eigenvalue weighted by atomic mass is 10.1. The van der Waals surface area contributed by atoms with Gasteiger partial charge in [-0.25, -0.2) is 9.97 Å². The van der Waals surface area contributed by atoms with Gasteiger partial charge in [-0.15, -0.1) is 4.73 Å². The Morgan fingerprint density at radius 2 is 1.68 bits per heavy atom. The molecule has 1 aliphatic rings. The number of nitrogen functional groups attached to an aromatic ring is 1. The average Bonchev–Trinajstić information content (AvgIpc) is 2.90. The standard InChI is InChI=1S/C27H28Cl2N6O2/c1-3-11-33-12-14-34(15-13-33)18-9-7-17(8-10-18)25-31-24(30)20-16-19(23-21(28)5-4-6-22(23)29)27(36)35(37-2)26(20)32-25/h4-10,16H,3,11-15H2,1-2H3,(H2,30,31,32). The fourth-order valence-electron chi connectivity index (χ4n) is 4.78. The normalized spacial score (nSPS) is 14.3. The number of hydrogen-bond donors (Lipinski definition) is 1. The molecule has 10 heteroatoms. The summed E-state index contributed by atoms with van der Waals surface area (Å²) in [5.41, 5.74) is 8.78. The van der Waals surface area contributed by atoms with Crippen LogP contribution in [0.2, 0.25) is 10.0 Å². The number of nitrogens with two attached hydrogens (primary N) is 1. The molecule has 0 atom stereocenters. The third kappa shape index (κ3) is 4.84. The van der Waals surface area contributed by atoms with E-state index in [1.165, 1.54) is 13.5 Å². The van der Waals surface area contributed by atoms with Crippen molar-refractivity contribution >= 4 is 45.7 Å². The van der Waals surface area contributed by atoms with Gasteiger partial charge < -0.3 is 15.5 Å². The first-order valence-corrected chi connectivity index (χ1v) is 13.0. The summed E-state index contributed by atoms with van der Waals surface area (Å²) in [5, 5.41) is 1.14. The molecule has 0 spiro atoms. The van der Waals surface area contributed by atoms with Crippen LogP contribution in [-0.2, 0) is 0 Å². The number of hydrogen-bond acceptors (Lipinski definition) is 7. The molecular formula is C27H28Cl2N6O2. The molecule has 0 bridgehead atoms. The van der Waals surface area contributed by atoms with Gasteiger partial charge in [-0.3, -0.25) is 9.69 Å². The minimum Gasteiger partial charge on any atom is -0.412 e. The number of fused-ring (bicyclic) bond motifs is 1. The predicted molar refractivity (Wildman–Crippen MR) is 151 cm³/mol. The van der Waals surface area contributed by atoms with Crippen molar-refractivity contribution in [2.24, 2.45) is 0 Å². The van der Waals surface area contributed by atoms with Crippen LogP contribution in [0.5, 0.6) is 0 Å². The van der Waals surface area contributed by atoms with Crippen molar-refractivity contribution in [3.63, 3.8) is 0 Å². The molecule has 2 aromatic heterocycles. The third-order valence-corrected chi connectivity index (χ3v) is 7.30. The second-order valence-corrected chi connectivity index (χ2v) is 9.80. The number of halogens is 2. The van der Waals surface area contributed by atoms with Crippen LogP contribution in [0.15, 0.2) is 53.3 Å². The Bertz CT molecular complexity index is 1480. The Hall–Kier alpha value is -3.33. The number of pyridine rings is 1. The smallest absolute Gasteiger partial charge is 0.293 e. The fourth-order valence-corrected chi connectivity index (χ4v) is 5.38. The highest BCUT2D eigenvalue weighted by Gasteiger charge is 2.21. The number of benzene rings is 2. The molecule has 5 rings (SSSR count). The van der Waals surface area contributed by atoms with Gasteiger partial charge in [0.05, 0.1) is 21.0 Å². The van der Waals surface area contributed by atoms with E-state index in [-0.39, 0.29) is 17.0 Å². The highest BCUT2D eigenvalue weighted by molar-refractivity contribution is 6.39. The van der Waals surface area contributed by atoms with Crippen LogP contribution in [0, 0.1) is 0 Å². The molecule has 0 radical (unpaired) electrons. The zero-order valence-corrected chi connectivity index (χ0v) is 22.3. The summed E-state index contributed by atoms with van der Waals surface area (Å²) in [5.74, 6) is 0.615. The Kier molecular flexibility index (Phi) is 7.24. The lowest BCUT2D eigenvalue weighted by Gasteiger charge is -2.36. The van der Waals surface area contributed by atoms with E-state index < -0.39 is 5.56 Å². The van der Waals surface area contributed by atoms with E-state index in [9.17, 15) is 4.79 Å². The largest absolute Gasteiger partial charge is 0.412 e.